The van der Waals surface area contributed by atoms with Crippen molar-refractivity contribution in [3.05, 3.63) is 65.1 Å². The monoisotopic (exact) mass is 467 g/mol. The molecule has 1 aromatic heterocycles. The quantitative estimate of drug-likeness (QED) is 0.290. The lowest BCUT2D eigenvalue weighted by atomic mass is 9.95. The molecule has 0 aliphatic carbocycles. The van der Waals surface area contributed by atoms with Gasteiger partial charge >= 0.3 is 12.0 Å². The number of aromatic nitrogens is 1. The van der Waals surface area contributed by atoms with Gasteiger partial charge in [-0.25, -0.2) is 15.0 Å². The molecule has 1 aliphatic rings. The first-order chi connectivity index (χ1) is 16.4. The van der Waals surface area contributed by atoms with Gasteiger partial charge in [0, 0.05) is 23.7 Å². The number of carbonyl (C=O) groups excluding carboxylic acids is 3. The van der Waals surface area contributed by atoms with Crippen molar-refractivity contribution in [2.45, 2.75) is 19.9 Å². The zero-order valence-electron chi connectivity index (χ0n) is 19.0. The van der Waals surface area contributed by atoms with Gasteiger partial charge in [-0.05, 0) is 37.6 Å². The number of carbonyl (C=O) groups is 3. The van der Waals surface area contributed by atoms with E-state index in [1.54, 1.807) is 56.6 Å². The minimum absolute atomic E-state index is 0.195. The highest BCUT2D eigenvalue weighted by atomic mass is 16.5. The number of rotatable bonds is 9. The van der Waals surface area contributed by atoms with Crippen molar-refractivity contribution >= 4 is 24.1 Å². The average Bonchev–Trinajstić information content (AvgIpc) is 2.83. The van der Waals surface area contributed by atoms with Gasteiger partial charge in [0.05, 0.1) is 31.5 Å². The van der Waals surface area contributed by atoms with Crippen LogP contribution in [0, 0.1) is 0 Å². The minimum Gasteiger partial charge on any atom is -0.493 e. The molecule has 3 N–H and O–H groups in total. The molecule has 1 atom stereocenters. The Hall–Kier alpha value is -4.41. The topological polar surface area (TPSA) is 140 Å². The summed E-state index contributed by atoms with van der Waals surface area (Å²) in [7, 11) is 1.44. The molecule has 0 unspecified atom stereocenters. The summed E-state index contributed by atoms with van der Waals surface area (Å²) in [6.07, 6.45) is 4.70. The number of urea groups is 1. The number of nitrogens with zero attached hydrogens (tertiary/aromatic N) is 2. The number of methoxy groups -OCH3 is 1. The van der Waals surface area contributed by atoms with Crippen molar-refractivity contribution in [1.82, 2.24) is 21.0 Å². The molecule has 2 aromatic rings. The van der Waals surface area contributed by atoms with Crippen LogP contribution in [0.2, 0.25) is 0 Å². The van der Waals surface area contributed by atoms with Crippen LogP contribution in [0.15, 0.2) is 59.1 Å². The number of hydrazone groups is 1. The Labute approximate surface area is 196 Å². The van der Waals surface area contributed by atoms with Crippen LogP contribution in [0.25, 0.3) is 0 Å². The molecule has 2 heterocycles. The van der Waals surface area contributed by atoms with Gasteiger partial charge in [-0.1, -0.05) is 12.1 Å². The molecule has 3 amide bonds. The zero-order valence-corrected chi connectivity index (χ0v) is 19.0. The Bertz CT molecular complexity index is 1120. The van der Waals surface area contributed by atoms with Crippen LogP contribution in [-0.2, 0) is 14.3 Å². The molecule has 0 fully saturated rings. The number of ether oxygens (including phenoxy) is 3. The lowest BCUT2D eigenvalue weighted by Crippen LogP contribution is -2.45. The number of amides is 3. The van der Waals surface area contributed by atoms with Crippen molar-refractivity contribution in [2.75, 3.05) is 20.3 Å². The molecule has 178 valence electrons. The second-order valence-electron chi connectivity index (χ2n) is 7.07. The maximum Gasteiger partial charge on any atom is 0.338 e. The van der Waals surface area contributed by atoms with E-state index in [1.807, 2.05) is 0 Å². The number of hydrogen-bond acceptors (Lipinski definition) is 8. The van der Waals surface area contributed by atoms with Crippen molar-refractivity contribution in [2.24, 2.45) is 5.10 Å². The number of nitrogens with one attached hydrogen (secondary N) is 3. The average molecular weight is 467 g/mol. The zero-order chi connectivity index (χ0) is 24.5. The van der Waals surface area contributed by atoms with Gasteiger partial charge in [0.2, 0.25) is 0 Å². The normalized spacial score (nSPS) is 15.4. The van der Waals surface area contributed by atoms with Gasteiger partial charge in [0.25, 0.3) is 5.91 Å². The Morgan fingerprint density at radius 2 is 2.09 bits per heavy atom. The van der Waals surface area contributed by atoms with Gasteiger partial charge in [-0.3, -0.25) is 9.78 Å². The van der Waals surface area contributed by atoms with E-state index in [2.05, 4.69) is 26.1 Å². The first-order valence-corrected chi connectivity index (χ1v) is 10.4. The molecular formula is C23H25N5O6. The van der Waals surface area contributed by atoms with E-state index in [-0.39, 0.29) is 18.8 Å². The van der Waals surface area contributed by atoms with E-state index in [9.17, 15) is 14.4 Å². The molecule has 0 saturated carbocycles. The standard InChI is InChI=1S/C23H25N5O6/c1-4-33-22(30)20-14(2)26-23(31)27-21(20)16-7-8-17(18(10-16)32-3)34-13-19(29)28-25-12-15-6-5-9-24-11-15/h5-12,21H,4,13H2,1-3H3,(H,28,29)(H2,26,27,31)/b25-12-/t21-/m0/s1. The Kier molecular flexibility index (Phi) is 8.16. The fraction of sp³-hybridized carbons (Fsp3) is 0.261. The third kappa shape index (κ3) is 6.09. The third-order valence-corrected chi connectivity index (χ3v) is 4.73. The van der Waals surface area contributed by atoms with E-state index in [0.29, 0.717) is 22.8 Å². The van der Waals surface area contributed by atoms with Gasteiger partial charge in [-0.2, -0.15) is 5.10 Å². The second-order valence-corrected chi connectivity index (χ2v) is 7.07. The molecule has 11 heteroatoms. The Morgan fingerprint density at radius 3 is 2.79 bits per heavy atom. The van der Waals surface area contributed by atoms with E-state index >= 15 is 0 Å². The number of esters is 1. The number of benzene rings is 1. The highest BCUT2D eigenvalue weighted by Crippen LogP contribution is 2.34. The van der Waals surface area contributed by atoms with Gasteiger partial charge in [0.15, 0.2) is 18.1 Å². The smallest absolute Gasteiger partial charge is 0.338 e. The lowest BCUT2D eigenvalue weighted by molar-refractivity contribution is -0.139. The minimum atomic E-state index is -0.749. The van der Waals surface area contributed by atoms with E-state index in [0.717, 1.165) is 5.56 Å². The molecule has 0 radical (unpaired) electrons. The number of pyridine rings is 1. The van der Waals surface area contributed by atoms with E-state index in [1.165, 1.54) is 13.3 Å². The second kappa shape index (κ2) is 11.5. The van der Waals surface area contributed by atoms with Crippen LogP contribution in [0.3, 0.4) is 0 Å². The molecule has 0 spiro atoms. The molecule has 0 saturated heterocycles. The fourth-order valence-corrected chi connectivity index (χ4v) is 3.21. The molecule has 1 aromatic carbocycles. The maximum absolute atomic E-state index is 12.5. The van der Waals surface area contributed by atoms with Crippen LogP contribution in [0.1, 0.15) is 31.0 Å². The highest BCUT2D eigenvalue weighted by Gasteiger charge is 2.32. The SMILES string of the molecule is CCOC(=O)C1=C(C)NC(=O)N[C@H]1c1ccc(OCC(=O)N/N=C\c2cccnc2)c(OC)c1. The third-order valence-electron chi connectivity index (χ3n) is 4.73. The molecular weight excluding hydrogens is 442 g/mol. The summed E-state index contributed by atoms with van der Waals surface area (Å²) in [5, 5.41) is 9.16. The van der Waals surface area contributed by atoms with Crippen LogP contribution < -0.4 is 25.5 Å². The summed E-state index contributed by atoms with van der Waals surface area (Å²) in [4.78, 5) is 40.5. The van der Waals surface area contributed by atoms with Gasteiger partial charge in [0.1, 0.15) is 0 Å². The van der Waals surface area contributed by atoms with E-state index < -0.39 is 23.9 Å². The van der Waals surface area contributed by atoms with Gasteiger partial charge < -0.3 is 24.8 Å². The number of hydrogen-bond donors (Lipinski definition) is 3. The number of allylic oxidation sites excluding steroid dienone is 1. The fourth-order valence-electron chi connectivity index (χ4n) is 3.21. The molecule has 0 bridgehead atoms. The lowest BCUT2D eigenvalue weighted by Gasteiger charge is -2.28. The summed E-state index contributed by atoms with van der Waals surface area (Å²) in [5.41, 5.74) is 4.36. The van der Waals surface area contributed by atoms with Gasteiger partial charge in [-0.15, -0.1) is 0 Å². The summed E-state index contributed by atoms with van der Waals surface area (Å²) >= 11 is 0. The summed E-state index contributed by atoms with van der Waals surface area (Å²) in [6.45, 7) is 3.22. The van der Waals surface area contributed by atoms with Crippen molar-refractivity contribution in [3.8, 4) is 11.5 Å². The highest BCUT2D eigenvalue weighted by molar-refractivity contribution is 5.95. The van der Waals surface area contributed by atoms with Crippen molar-refractivity contribution in [1.29, 1.82) is 0 Å². The molecule has 3 rings (SSSR count). The first kappa shape index (κ1) is 24.2. The Morgan fingerprint density at radius 1 is 1.26 bits per heavy atom. The summed E-state index contributed by atoms with van der Waals surface area (Å²) in [6, 6.07) is 7.23. The Balaban J connectivity index is 1.70. The predicted octanol–water partition coefficient (Wildman–Crippen LogP) is 1.81. The van der Waals surface area contributed by atoms with E-state index in [4.69, 9.17) is 14.2 Å². The summed E-state index contributed by atoms with van der Waals surface area (Å²) < 4.78 is 16.1. The van der Waals surface area contributed by atoms with Crippen LogP contribution in [-0.4, -0.2) is 49.4 Å². The summed E-state index contributed by atoms with van der Waals surface area (Å²) in [5.74, 6) is -0.394. The van der Waals surface area contributed by atoms with Crippen LogP contribution in [0.5, 0.6) is 11.5 Å². The molecule has 34 heavy (non-hydrogen) atoms. The maximum atomic E-state index is 12.5. The van der Waals surface area contributed by atoms with Crippen molar-refractivity contribution < 1.29 is 28.6 Å². The molecule has 11 nitrogen and oxygen atoms in total. The van der Waals surface area contributed by atoms with Crippen LogP contribution >= 0.6 is 0 Å². The predicted molar refractivity (Wildman–Crippen MR) is 122 cm³/mol. The molecule has 1 aliphatic heterocycles. The largest absolute Gasteiger partial charge is 0.493 e. The van der Waals surface area contributed by atoms with Crippen LogP contribution in [0.4, 0.5) is 4.79 Å². The van der Waals surface area contributed by atoms with Crippen molar-refractivity contribution in [3.63, 3.8) is 0 Å². The first-order valence-electron chi connectivity index (χ1n) is 10.4.